The Morgan fingerprint density at radius 1 is 1.07 bits per heavy atom. The van der Waals surface area contributed by atoms with Crippen molar-refractivity contribution in [2.24, 2.45) is 0 Å². The lowest BCUT2D eigenvalue weighted by molar-refractivity contribution is 0.596. The van der Waals surface area contributed by atoms with Gasteiger partial charge in [-0.05, 0) is 73.9 Å². The molecule has 146 valence electrons. The minimum Gasteiger partial charge on any atom is -0.370 e. The van der Waals surface area contributed by atoms with E-state index >= 15 is 0 Å². The fourth-order valence-corrected chi connectivity index (χ4v) is 5.11. The van der Waals surface area contributed by atoms with Gasteiger partial charge in [-0.2, -0.15) is 5.10 Å². The number of aromatic nitrogens is 3. The summed E-state index contributed by atoms with van der Waals surface area (Å²) in [6.45, 7) is 3.55. The first kappa shape index (κ1) is 19.2. The highest BCUT2D eigenvalue weighted by Crippen LogP contribution is 2.33. The third-order valence-electron chi connectivity index (χ3n) is 4.96. The van der Waals surface area contributed by atoms with E-state index in [9.17, 15) is 8.42 Å². The van der Waals surface area contributed by atoms with E-state index in [1.165, 1.54) is 0 Å². The molecule has 1 N–H and O–H groups in total. The Bertz CT molecular complexity index is 1190. The fraction of sp³-hybridized carbons (Fsp3) is 0.263. The van der Waals surface area contributed by atoms with E-state index < -0.39 is 9.84 Å². The van der Waals surface area contributed by atoms with Gasteiger partial charge in [0.25, 0.3) is 0 Å². The molecule has 0 spiro atoms. The molecule has 6 nitrogen and oxygen atoms in total. The second-order valence-corrected chi connectivity index (χ2v) is 9.53. The van der Waals surface area contributed by atoms with E-state index in [4.69, 9.17) is 23.8 Å². The highest BCUT2D eigenvalue weighted by Gasteiger charge is 2.23. The molecule has 1 fully saturated rings. The van der Waals surface area contributed by atoms with Crippen LogP contribution in [0.5, 0.6) is 0 Å². The molecule has 9 heteroatoms. The maximum Gasteiger partial charge on any atom is 0.206 e. The van der Waals surface area contributed by atoms with E-state index in [1.54, 1.807) is 54.2 Å². The lowest BCUT2D eigenvalue weighted by Crippen LogP contribution is -2.20. The van der Waals surface area contributed by atoms with Crippen molar-refractivity contribution in [2.75, 3.05) is 18.0 Å². The maximum atomic E-state index is 13.2. The Hall–Kier alpha value is -2.16. The Balaban J connectivity index is 1.86. The number of halogens is 1. The quantitative estimate of drug-likeness (QED) is 0.619. The van der Waals surface area contributed by atoms with Gasteiger partial charge in [-0.1, -0.05) is 11.6 Å². The summed E-state index contributed by atoms with van der Waals surface area (Å²) < 4.78 is 28.7. The SMILES string of the molecule is Cc1cc(S(=O)(=O)c2ccc(-n3cn[nH]c3=S)c(N3CCCC3)c2)ccc1Cl. The molecule has 0 amide bonds. The van der Waals surface area contributed by atoms with Gasteiger partial charge in [0.1, 0.15) is 6.33 Å². The minimum atomic E-state index is -3.67. The summed E-state index contributed by atoms with van der Waals surface area (Å²) in [6.07, 6.45) is 3.75. The third-order valence-corrected chi connectivity index (χ3v) is 7.42. The first-order valence-corrected chi connectivity index (χ1v) is 11.2. The number of nitrogens with zero attached hydrogens (tertiary/aromatic N) is 3. The van der Waals surface area contributed by atoms with Crippen molar-refractivity contribution in [3.05, 3.63) is 58.1 Å². The monoisotopic (exact) mass is 434 g/mol. The first-order chi connectivity index (χ1) is 13.4. The van der Waals surface area contributed by atoms with Crippen LogP contribution in [-0.2, 0) is 9.84 Å². The van der Waals surface area contributed by atoms with Crippen LogP contribution in [0.15, 0.2) is 52.5 Å². The van der Waals surface area contributed by atoms with Gasteiger partial charge >= 0.3 is 0 Å². The van der Waals surface area contributed by atoms with Crippen LogP contribution in [0.3, 0.4) is 0 Å². The van der Waals surface area contributed by atoms with Crippen molar-refractivity contribution in [3.63, 3.8) is 0 Å². The molecule has 1 saturated heterocycles. The molecular weight excluding hydrogens is 416 g/mol. The van der Waals surface area contributed by atoms with Gasteiger partial charge in [-0.25, -0.2) is 8.42 Å². The number of hydrogen-bond acceptors (Lipinski definition) is 5. The van der Waals surface area contributed by atoms with Crippen LogP contribution in [0, 0.1) is 11.7 Å². The van der Waals surface area contributed by atoms with E-state index in [1.807, 2.05) is 0 Å². The Morgan fingerprint density at radius 3 is 2.39 bits per heavy atom. The number of hydrogen-bond donors (Lipinski definition) is 1. The normalized spacial score (nSPS) is 14.6. The second-order valence-electron chi connectivity index (χ2n) is 6.79. The average Bonchev–Trinajstić information content (AvgIpc) is 3.35. The summed E-state index contributed by atoms with van der Waals surface area (Å²) in [4.78, 5) is 2.67. The molecule has 0 bridgehead atoms. The molecule has 28 heavy (non-hydrogen) atoms. The van der Waals surface area contributed by atoms with Crippen molar-refractivity contribution in [1.82, 2.24) is 14.8 Å². The lowest BCUT2D eigenvalue weighted by atomic mass is 10.2. The summed E-state index contributed by atoms with van der Waals surface area (Å²) in [7, 11) is -3.67. The van der Waals surface area contributed by atoms with Gasteiger partial charge in [0.05, 0.1) is 21.2 Å². The van der Waals surface area contributed by atoms with Crippen molar-refractivity contribution < 1.29 is 8.42 Å². The Labute approximate surface area is 173 Å². The van der Waals surface area contributed by atoms with E-state index in [0.717, 1.165) is 42.9 Å². The van der Waals surface area contributed by atoms with Crippen molar-refractivity contribution >= 4 is 39.3 Å². The predicted octanol–water partition coefficient (Wildman–Crippen LogP) is 4.32. The van der Waals surface area contributed by atoms with Gasteiger partial charge in [0.2, 0.25) is 9.84 Å². The van der Waals surface area contributed by atoms with Gasteiger partial charge < -0.3 is 4.90 Å². The summed E-state index contributed by atoms with van der Waals surface area (Å²) in [6, 6.07) is 9.89. The summed E-state index contributed by atoms with van der Waals surface area (Å²) in [5, 5.41) is 7.28. The van der Waals surface area contributed by atoms with Gasteiger partial charge in [-0.3, -0.25) is 9.67 Å². The molecule has 0 unspecified atom stereocenters. The average molecular weight is 435 g/mol. The fourth-order valence-electron chi connectivity index (χ4n) is 3.43. The summed E-state index contributed by atoms with van der Waals surface area (Å²) >= 11 is 11.4. The second kappa shape index (κ2) is 7.35. The molecule has 1 aliphatic heterocycles. The zero-order chi connectivity index (χ0) is 19.9. The number of benzene rings is 2. The van der Waals surface area contributed by atoms with Gasteiger partial charge in [0, 0.05) is 18.1 Å². The number of nitrogens with one attached hydrogen (secondary N) is 1. The zero-order valence-electron chi connectivity index (χ0n) is 15.2. The Kier molecular flexibility index (Phi) is 5.03. The topological polar surface area (TPSA) is 71.0 Å². The number of sulfone groups is 1. The highest BCUT2D eigenvalue weighted by molar-refractivity contribution is 7.91. The smallest absolute Gasteiger partial charge is 0.206 e. The summed E-state index contributed by atoms with van der Waals surface area (Å²) in [5.41, 5.74) is 2.37. The molecule has 4 rings (SSSR count). The third kappa shape index (κ3) is 3.36. The van der Waals surface area contributed by atoms with Crippen molar-refractivity contribution in [3.8, 4) is 5.69 Å². The molecule has 3 aromatic rings. The Morgan fingerprint density at radius 2 is 1.75 bits per heavy atom. The van der Waals surface area contributed by atoms with Crippen LogP contribution < -0.4 is 4.90 Å². The standard InChI is InChI=1S/C19H19ClN4O2S2/c1-13-10-14(4-6-16(13)20)28(25,26)15-5-7-17(24-12-21-22-19(24)27)18(11-15)23-8-2-3-9-23/h4-7,10-12H,2-3,8-9H2,1H3,(H,22,27). The van der Waals surface area contributed by atoms with Gasteiger partial charge in [0.15, 0.2) is 4.77 Å². The molecule has 0 saturated carbocycles. The van der Waals surface area contributed by atoms with Crippen molar-refractivity contribution in [2.45, 2.75) is 29.6 Å². The number of anilines is 1. The molecule has 0 radical (unpaired) electrons. The van der Waals surface area contributed by atoms with Crippen LogP contribution in [-0.4, -0.2) is 36.3 Å². The number of aromatic amines is 1. The molecule has 0 atom stereocenters. The highest BCUT2D eigenvalue weighted by atomic mass is 35.5. The molecule has 1 aliphatic rings. The molecule has 2 heterocycles. The van der Waals surface area contributed by atoms with E-state index in [-0.39, 0.29) is 9.79 Å². The largest absolute Gasteiger partial charge is 0.370 e. The summed E-state index contributed by atoms with van der Waals surface area (Å²) in [5.74, 6) is 0. The number of aryl methyl sites for hydroxylation is 1. The minimum absolute atomic E-state index is 0.231. The van der Waals surface area contributed by atoms with E-state index in [2.05, 4.69) is 15.1 Å². The maximum absolute atomic E-state index is 13.2. The zero-order valence-corrected chi connectivity index (χ0v) is 17.6. The molecule has 1 aromatic heterocycles. The van der Waals surface area contributed by atoms with Gasteiger partial charge in [-0.15, -0.1) is 0 Å². The molecular formula is C19H19ClN4O2S2. The van der Waals surface area contributed by atoms with Crippen LogP contribution in [0.2, 0.25) is 5.02 Å². The van der Waals surface area contributed by atoms with E-state index in [0.29, 0.717) is 9.79 Å². The lowest BCUT2D eigenvalue weighted by Gasteiger charge is -2.22. The molecule has 0 aliphatic carbocycles. The first-order valence-electron chi connectivity index (χ1n) is 8.90. The van der Waals surface area contributed by atoms with Crippen LogP contribution in [0.25, 0.3) is 5.69 Å². The molecule has 2 aromatic carbocycles. The van der Waals surface area contributed by atoms with Crippen LogP contribution >= 0.6 is 23.8 Å². The van der Waals surface area contributed by atoms with Crippen LogP contribution in [0.4, 0.5) is 5.69 Å². The number of H-pyrrole nitrogens is 1. The van der Waals surface area contributed by atoms with Crippen LogP contribution in [0.1, 0.15) is 18.4 Å². The van der Waals surface area contributed by atoms with Crippen molar-refractivity contribution in [1.29, 1.82) is 0 Å². The number of rotatable bonds is 4. The predicted molar refractivity (Wildman–Crippen MR) is 112 cm³/mol.